The highest BCUT2D eigenvalue weighted by molar-refractivity contribution is 5.91. The molecule has 2 aromatic carbocycles. The fraction of sp³-hybridized carbons (Fsp3) is 0.211. The summed E-state index contributed by atoms with van der Waals surface area (Å²) in [7, 11) is 1.55. The van der Waals surface area contributed by atoms with Crippen molar-refractivity contribution in [2.45, 2.75) is 13.5 Å². The molecule has 136 valence electrons. The van der Waals surface area contributed by atoms with Crippen molar-refractivity contribution in [2.24, 2.45) is 0 Å². The number of nitrogens with one attached hydrogen (secondary N) is 1. The second-order valence-corrected chi connectivity index (χ2v) is 5.32. The summed E-state index contributed by atoms with van der Waals surface area (Å²) >= 11 is 0. The molecule has 1 N–H and O–H groups in total. The average Bonchev–Trinajstić information content (AvgIpc) is 2.66. The Balaban J connectivity index is 1.97. The molecule has 0 aliphatic carbocycles. The number of methoxy groups -OCH3 is 1. The predicted octanol–water partition coefficient (Wildman–Crippen LogP) is 3.33. The van der Waals surface area contributed by atoms with Crippen LogP contribution in [0.5, 0.6) is 11.5 Å². The van der Waals surface area contributed by atoms with Crippen LogP contribution in [0.2, 0.25) is 0 Å². The van der Waals surface area contributed by atoms with Gasteiger partial charge in [-0.15, -0.1) is 0 Å². The SMILES string of the molecule is CCOc1ccc(/C=C/C(=O)NCc2cccc([N+](=O)[O-])c2)cc1OC. The minimum absolute atomic E-state index is 0.00576. The van der Waals surface area contributed by atoms with Gasteiger partial charge in [0.05, 0.1) is 18.6 Å². The van der Waals surface area contributed by atoms with Crippen LogP contribution in [0.25, 0.3) is 6.08 Å². The van der Waals surface area contributed by atoms with E-state index < -0.39 is 4.92 Å². The molecule has 0 aliphatic rings. The molecule has 0 heterocycles. The van der Waals surface area contributed by atoms with Crippen molar-refractivity contribution in [3.8, 4) is 11.5 Å². The smallest absolute Gasteiger partial charge is 0.269 e. The molecule has 0 unspecified atom stereocenters. The number of amides is 1. The Morgan fingerprint density at radius 1 is 1.23 bits per heavy atom. The van der Waals surface area contributed by atoms with Gasteiger partial charge in [0.25, 0.3) is 5.69 Å². The normalized spacial score (nSPS) is 10.5. The number of nitrogens with zero attached hydrogens (tertiary/aromatic N) is 1. The summed E-state index contributed by atoms with van der Waals surface area (Å²) in [6.07, 6.45) is 3.05. The number of carbonyl (C=O) groups excluding carboxylic acids is 1. The summed E-state index contributed by atoms with van der Waals surface area (Å²) in [4.78, 5) is 22.2. The average molecular weight is 356 g/mol. The van der Waals surface area contributed by atoms with E-state index in [0.29, 0.717) is 23.7 Å². The summed E-state index contributed by atoms with van der Waals surface area (Å²) < 4.78 is 10.7. The van der Waals surface area contributed by atoms with Gasteiger partial charge in [-0.2, -0.15) is 0 Å². The Labute approximate surface area is 151 Å². The van der Waals surface area contributed by atoms with Crippen molar-refractivity contribution in [1.29, 1.82) is 0 Å². The first-order valence-electron chi connectivity index (χ1n) is 8.03. The standard InChI is InChI=1S/C19H20N2O5/c1-3-26-17-9-7-14(12-18(17)25-2)8-10-19(22)20-13-15-5-4-6-16(11-15)21(23)24/h4-12H,3,13H2,1-2H3,(H,20,22)/b10-8+. The third kappa shape index (κ3) is 5.34. The molecular weight excluding hydrogens is 336 g/mol. The summed E-state index contributed by atoms with van der Waals surface area (Å²) in [5.41, 5.74) is 1.44. The zero-order chi connectivity index (χ0) is 18.9. The van der Waals surface area contributed by atoms with Crippen LogP contribution in [0.4, 0.5) is 5.69 Å². The zero-order valence-corrected chi connectivity index (χ0v) is 14.6. The van der Waals surface area contributed by atoms with Crippen LogP contribution in [0, 0.1) is 10.1 Å². The maximum Gasteiger partial charge on any atom is 0.269 e. The van der Waals surface area contributed by atoms with E-state index in [-0.39, 0.29) is 18.1 Å². The van der Waals surface area contributed by atoms with Crippen molar-refractivity contribution < 1.29 is 19.2 Å². The number of carbonyl (C=O) groups is 1. The van der Waals surface area contributed by atoms with Gasteiger partial charge in [-0.1, -0.05) is 18.2 Å². The van der Waals surface area contributed by atoms with E-state index in [1.165, 1.54) is 18.2 Å². The van der Waals surface area contributed by atoms with Gasteiger partial charge in [-0.25, -0.2) is 0 Å². The molecule has 0 atom stereocenters. The second-order valence-electron chi connectivity index (χ2n) is 5.32. The molecule has 0 saturated heterocycles. The Kier molecular flexibility index (Phi) is 6.73. The summed E-state index contributed by atoms with van der Waals surface area (Å²) in [5, 5.41) is 13.4. The van der Waals surface area contributed by atoms with Crippen LogP contribution < -0.4 is 14.8 Å². The van der Waals surface area contributed by atoms with Crippen LogP contribution >= 0.6 is 0 Å². The van der Waals surface area contributed by atoms with Gasteiger partial charge in [0.1, 0.15) is 0 Å². The summed E-state index contributed by atoms with van der Waals surface area (Å²) in [5.74, 6) is 0.928. The number of hydrogen-bond donors (Lipinski definition) is 1. The lowest BCUT2D eigenvalue weighted by atomic mass is 10.2. The molecule has 0 radical (unpaired) electrons. The first-order chi connectivity index (χ1) is 12.5. The van der Waals surface area contributed by atoms with Gasteiger partial charge in [-0.05, 0) is 36.3 Å². The van der Waals surface area contributed by atoms with Gasteiger partial charge in [0.2, 0.25) is 5.91 Å². The second kappa shape index (κ2) is 9.22. The van der Waals surface area contributed by atoms with Gasteiger partial charge in [0.15, 0.2) is 11.5 Å². The van der Waals surface area contributed by atoms with E-state index >= 15 is 0 Å². The van der Waals surface area contributed by atoms with Crippen LogP contribution in [-0.4, -0.2) is 24.5 Å². The highest BCUT2D eigenvalue weighted by Crippen LogP contribution is 2.28. The molecule has 1 amide bonds. The summed E-state index contributed by atoms with van der Waals surface area (Å²) in [6, 6.07) is 11.5. The maximum absolute atomic E-state index is 11.9. The monoisotopic (exact) mass is 356 g/mol. The van der Waals surface area contributed by atoms with Crippen LogP contribution in [0.3, 0.4) is 0 Å². The molecule has 0 bridgehead atoms. The molecule has 2 rings (SSSR count). The number of nitro groups is 1. The fourth-order valence-electron chi connectivity index (χ4n) is 2.26. The molecule has 0 saturated carbocycles. The number of benzene rings is 2. The lowest BCUT2D eigenvalue weighted by Crippen LogP contribution is -2.20. The van der Waals surface area contributed by atoms with Gasteiger partial charge in [0, 0.05) is 24.8 Å². The molecule has 7 heteroatoms. The third-order valence-electron chi connectivity index (χ3n) is 3.50. The molecule has 0 fully saturated rings. The zero-order valence-electron chi connectivity index (χ0n) is 14.6. The Bertz CT molecular complexity index is 817. The van der Waals surface area contributed by atoms with Gasteiger partial charge in [-0.3, -0.25) is 14.9 Å². The molecule has 2 aromatic rings. The Hall–Kier alpha value is -3.35. The molecule has 0 aromatic heterocycles. The molecule has 26 heavy (non-hydrogen) atoms. The van der Waals surface area contributed by atoms with Gasteiger partial charge >= 0.3 is 0 Å². The molecule has 7 nitrogen and oxygen atoms in total. The first-order valence-corrected chi connectivity index (χ1v) is 8.03. The number of ether oxygens (including phenoxy) is 2. The minimum Gasteiger partial charge on any atom is -0.493 e. The van der Waals surface area contributed by atoms with Crippen molar-refractivity contribution in [3.05, 3.63) is 69.8 Å². The van der Waals surface area contributed by atoms with Crippen molar-refractivity contribution in [2.75, 3.05) is 13.7 Å². The summed E-state index contributed by atoms with van der Waals surface area (Å²) in [6.45, 7) is 2.63. The van der Waals surface area contributed by atoms with E-state index in [2.05, 4.69) is 5.32 Å². The number of hydrogen-bond acceptors (Lipinski definition) is 5. The van der Waals surface area contributed by atoms with Crippen LogP contribution in [-0.2, 0) is 11.3 Å². The topological polar surface area (TPSA) is 90.7 Å². The first kappa shape index (κ1) is 19.0. The molecule has 0 aliphatic heterocycles. The number of non-ortho nitro benzene ring substituents is 1. The third-order valence-corrected chi connectivity index (χ3v) is 3.50. The lowest BCUT2D eigenvalue weighted by Gasteiger charge is -2.09. The van der Waals surface area contributed by atoms with Crippen LogP contribution in [0.1, 0.15) is 18.1 Å². The van der Waals surface area contributed by atoms with E-state index in [1.807, 2.05) is 13.0 Å². The Morgan fingerprint density at radius 2 is 2.04 bits per heavy atom. The highest BCUT2D eigenvalue weighted by atomic mass is 16.6. The Morgan fingerprint density at radius 3 is 2.73 bits per heavy atom. The van der Waals surface area contributed by atoms with Crippen molar-refractivity contribution in [3.63, 3.8) is 0 Å². The van der Waals surface area contributed by atoms with E-state index in [0.717, 1.165) is 5.56 Å². The van der Waals surface area contributed by atoms with E-state index in [4.69, 9.17) is 9.47 Å². The molecular formula is C19H20N2O5. The number of nitro benzene ring substituents is 1. The fourth-order valence-corrected chi connectivity index (χ4v) is 2.26. The maximum atomic E-state index is 11.9. The van der Waals surface area contributed by atoms with Crippen LogP contribution in [0.15, 0.2) is 48.5 Å². The minimum atomic E-state index is -0.468. The van der Waals surface area contributed by atoms with Gasteiger partial charge < -0.3 is 14.8 Å². The number of rotatable bonds is 8. The predicted molar refractivity (Wildman–Crippen MR) is 98.1 cm³/mol. The molecule has 0 spiro atoms. The van der Waals surface area contributed by atoms with E-state index in [1.54, 1.807) is 37.5 Å². The van der Waals surface area contributed by atoms with E-state index in [9.17, 15) is 14.9 Å². The quantitative estimate of drug-likeness (QED) is 0.445. The van der Waals surface area contributed by atoms with Crippen molar-refractivity contribution >= 4 is 17.7 Å². The largest absolute Gasteiger partial charge is 0.493 e. The van der Waals surface area contributed by atoms with Crippen molar-refractivity contribution in [1.82, 2.24) is 5.32 Å². The highest BCUT2D eigenvalue weighted by Gasteiger charge is 2.06. The lowest BCUT2D eigenvalue weighted by molar-refractivity contribution is -0.384.